The molecule has 0 saturated heterocycles. The highest BCUT2D eigenvalue weighted by atomic mass is 32.2. The zero-order chi connectivity index (χ0) is 24.2. The van der Waals surface area contributed by atoms with Crippen molar-refractivity contribution in [1.29, 1.82) is 0 Å². The summed E-state index contributed by atoms with van der Waals surface area (Å²) in [6.45, 7) is 4.15. The first-order valence-electron chi connectivity index (χ1n) is 10.4. The van der Waals surface area contributed by atoms with Gasteiger partial charge >= 0.3 is 0 Å². The smallest absolute Gasteiger partial charge is 0.293 e. The molecule has 5 N–H and O–H groups in total. The van der Waals surface area contributed by atoms with Crippen LogP contribution in [0.5, 0.6) is 0 Å². The van der Waals surface area contributed by atoms with Crippen LogP contribution in [0.3, 0.4) is 0 Å². The summed E-state index contributed by atoms with van der Waals surface area (Å²) in [7, 11) is -4.08. The molecule has 11 nitrogen and oxygen atoms in total. The minimum atomic E-state index is -4.08. The topological polar surface area (TPSA) is 173 Å². The van der Waals surface area contributed by atoms with Gasteiger partial charge in [0.2, 0.25) is 15.9 Å². The third kappa shape index (κ3) is 5.84. The maximum Gasteiger partial charge on any atom is 0.293 e. The Bertz CT molecular complexity index is 1240. The molecule has 176 valence electrons. The fourth-order valence-electron chi connectivity index (χ4n) is 3.38. The van der Waals surface area contributed by atoms with Crippen LogP contribution in [0, 0.1) is 16.0 Å². The van der Waals surface area contributed by atoms with Gasteiger partial charge in [-0.1, -0.05) is 32.4 Å². The normalized spacial score (nSPS) is 13.4. The minimum Gasteiger partial charge on any atom is -0.379 e. The molecule has 0 aliphatic rings. The van der Waals surface area contributed by atoms with Crippen LogP contribution in [0.1, 0.15) is 38.6 Å². The number of H-pyrrole nitrogens is 1. The number of primary sulfonamides is 1. The Morgan fingerprint density at radius 1 is 1.27 bits per heavy atom. The Balaban J connectivity index is 1.68. The molecule has 2 atom stereocenters. The number of anilines is 1. The molecule has 3 aromatic rings. The van der Waals surface area contributed by atoms with Crippen molar-refractivity contribution < 1.29 is 18.1 Å². The van der Waals surface area contributed by atoms with Crippen LogP contribution in [0.4, 0.5) is 11.4 Å². The highest BCUT2D eigenvalue weighted by molar-refractivity contribution is 7.89. The summed E-state index contributed by atoms with van der Waals surface area (Å²) in [5.74, 6) is 0.535. The van der Waals surface area contributed by atoms with Gasteiger partial charge in [-0.3, -0.25) is 14.9 Å². The van der Waals surface area contributed by atoms with Crippen molar-refractivity contribution in [2.45, 2.75) is 37.6 Å². The number of carbonyl (C=O) groups is 1. The summed E-state index contributed by atoms with van der Waals surface area (Å²) in [4.78, 5) is 30.7. The van der Waals surface area contributed by atoms with Gasteiger partial charge in [0, 0.05) is 19.0 Å². The van der Waals surface area contributed by atoms with E-state index in [-0.39, 0.29) is 41.4 Å². The number of nitro groups is 1. The van der Waals surface area contributed by atoms with Crippen molar-refractivity contribution in [2.24, 2.45) is 11.1 Å². The van der Waals surface area contributed by atoms with Gasteiger partial charge in [-0.2, -0.15) is 0 Å². The quantitative estimate of drug-likeness (QED) is 0.258. The number of sulfonamides is 1. The summed E-state index contributed by atoms with van der Waals surface area (Å²) in [5, 5.41) is 22.2. The average Bonchev–Trinajstić information content (AvgIpc) is 3.20. The predicted octanol–water partition coefficient (Wildman–Crippen LogP) is 2.82. The maximum atomic E-state index is 12.6. The monoisotopic (exact) mass is 474 g/mol. The average molecular weight is 475 g/mol. The van der Waals surface area contributed by atoms with Gasteiger partial charge in [0.1, 0.15) is 11.5 Å². The lowest BCUT2D eigenvalue weighted by molar-refractivity contribution is -0.384. The summed E-state index contributed by atoms with van der Waals surface area (Å²) in [5.41, 5.74) is 1.34. The number of amides is 1. The number of hydrogen-bond acceptors (Lipinski definition) is 7. The fourth-order valence-corrected chi connectivity index (χ4v) is 3.91. The van der Waals surface area contributed by atoms with Crippen LogP contribution in [-0.2, 0) is 14.8 Å². The molecular formula is C21H26N6O5S. The predicted molar refractivity (Wildman–Crippen MR) is 124 cm³/mol. The van der Waals surface area contributed by atoms with Gasteiger partial charge in [0.25, 0.3) is 5.69 Å². The molecule has 3 rings (SSSR count). The van der Waals surface area contributed by atoms with E-state index in [2.05, 4.69) is 20.6 Å². The lowest BCUT2D eigenvalue weighted by atomic mass is 9.98. The van der Waals surface area contributed by atoms with E-state index in [0.717, 1.165) is 23.5 Å². The third-order valence-electron chi connectivity index (χ3n) is 5.39. The van der Waals surface area contributed by atoms with Crippen molar-refractivity contribution in [2.75, 3.05) is 11.9 Å². The van der Waals surface area contributed by atoms with Crippen LogP contribution in [0.25, 0.3) is 11.0 Å². The molecule has 0 spiro atoms. The molecule has 2 unspecified atom stereocenters. The number of nitro benzene ring substituents is 1. The van der Waals surface area contributed by atoms with E-state index >= 15 is 0 Å². The van der Waals surface area contributed by atoms with E-state index < -0.39 is 20.6 Å². The standard InChI is InChI=1S/C21H26N6O5S/c1-3-13(2)20(21-24-15-6-4-5-7-16(15)25-21)26-19(28)10-11-23-17-9-8-14(33(22,31)32)12-18(17)27(29)30/h4-9,12-13,20,23H,3,10-11H2,1-2H3,(H,24,25)(H,26,28)(H2,22,31,32). The molecule has 0 aliphatic carbocycles. The summed E-state index contributed by atoms with van der Waals surface area (Å²) in [6, 6.07) is 10.6. The second-order valence-corrected chi connectivity index (χ2v) is 9.29. The molecule has 33 heavy (non-hydrogen) atoms. The van der Waals surface area contributed by atoms with Gasteiger partial charge in [0.15, 0.2) is 0 Å². The van der Waals surface area contributed by atoms with Crippen LogP contribution in [0.15, 0.2) is 47.4 Å². The molecule has 0 radical (unpaired) electrons. The molecule has 0 aliphatic heterocycles. The lowest BCUT2D eigenvalue weighted by Crippen LogP contribution is -2.34. The van der Waals surface area contributed by atoms with Gasteiger partial charge in [-0.05, 0) is 30.2 Å². The molecule has 0 saturated carbocycles. The molecule has 1 amide bonds. The number of nitrogens with zero attached hydrogens (tertiary/aromatic N) is 2. The van der Waals surface area contributed by atoms with Gasteiger partial charge in [0.05, 0.1) is 26.9 Å². The van der Waals surface area contributed by atoms with Crippen molar-refractivity contribution >= 4 is 38.3 Å². The summed E-state index contributed by atoms with van der Waals surface area (Å²) < 4.78 is 22.9. The number of rotatable bonds is 10. The summed E-state index contributed by atoms with van der Waals surface area (Å²) in [6.07, 6.45) is 0.865. The SMILES string of the molecule is CCC(C)C(NC(=O)CCNc1ccc(S(N)(=O)=O)cc1[N+](=O)[O-])c1nc2ccccc2[nH]1. The van der Waals surface area contributed by atoms with Gasteiger partial charge in [-0.15, -0.1) is 0 Å². The molecule has 1 heterocycles. The second-order valence-electron chi connectivity index (χ2n) is 7.73. The van der Waals surface area contributed by atoms with Crippen molar-refractivity contribution in [3.63, 3.8) is 0 Å². The summed E-state index contributed by atoms with van der Waals surface area (Å²) >= 11 is 0. The van der Waals surface area contributed by atoms with Crippen molar-refractivity contribution in [1.82, 2.24) is 15.3 Å². The van der Waals surface area contributed by atoms with Crippen molar-refractivity contribution in [3.05, 3.63) is 58.4 Å². The Labute approximate surface area is 191 Å². The van der Waals surface area contributed by atoms with Crippen LogP contribution >= 0.6 is 0 Å². The first-order chi connectivity index (χ1) is 15.6. The molecule has 0 fully saturated rings. The zero-order valence-corrected chi connectivity index (χ0v) is 19.1. The minimum absolute atomic E-state index is 0.0429. The number of aromatic nitrogens is 2. The first-order valence-corrected chi connectivity index (χ1v) is 11.9. The second kappa shape index (κ2) is 9.96. The molecule has 0 bridgehead atoms. The van der Waals surface area contributed by atoms with E-state index in [1.165, 1.54) is 12.1 Å². The van der Waals surface area contributed by atoms with Crippen LogP contribution < -0.4 is 15.8 Å². The number of imidazole rings is 1. The number of aromatic amines is 1. The number of nitrogens with two attached hydrogens (primary N) is 1. The van der Waals surface area contributed by atoms with Gasteiger partial charge < -0.3 is 15.6 Å². The Morgan fingerprint density at radius 3 is 2.64 bits per heavy atom. The van der Waals surface area contributed by atoms with Crippen LogP contribution in [-0.4, -0.2) is 35.8 Å². The Hall–Kier alpha value is -3.51. The van der Waals surface area contributed by atoms with Crippen molar-refractivity contribution in [3.8, 4) is 0 Å². The highest BCUT2D eigenvalue weighted by Crippen LogP contribution is 2.27. The number of nitrogens with one attached hydrogen (secondary N) is 3. The van der Waals surface area contributed by atoms with E-state index in [0.29, 0.717) is 5.82 Å². The van der Waals surface area contributed by atoms with E-state index in [4.69, 9.17) is 5.14 Å². The Kier molecular flexibility index (Phi) is 7.29. The molecule has 12 heteroatoms. The third-order valence-corrected chi connectivity index (χ3v) is 6.30. The molecule has 2 aromatic carbocycles. The molecular weight excluding hydrogens is 448 g/mol. The fraction of sp³-hybridized carbons (Fsp3) is 0.333. The molecule has 1 aromatic heterocycles. The Morgan fingerprint density at radius 2 is 2.00 bits per heavy atom. The maximum absolute atomic E-state index is 12.6. The van der Waals surface area contributed by atoms with Gasteiger partial charge in [-0.25, -0.2) is 18.5 Å². The number of para-hydroxylation sites is 2. The number of fused-ring (bicyclic) bond motifs is 1. The first kappa shape index (κ1) is 24.1. The number of carbonyl (C=O) groups excluding carboxylic acids is 1. The highest BCUT2D eigenvalue weighted by Gasteiger charge is 2.24. The van der Waals surface area contributed by atoms with E-state index in [1.54, 1.807) is 0 Å². The van der Waals surface area contributed by atoms with Crippen LogP contribution in [0.2, 0.25) is 0 Å². The number of benzene rings is 2. The van der Waals surface area contributed by atoms with E-state index in [1.807, 2.05) is 38.1 Å². The lowest BCUT2D eigenvalue weighted by Gasteiger charge is -2.22. The zero-order valence-electron chi connectivity index (χ0n) is 18.2. The van der Waals surface area contributed by atoms with E-state index in [9.17, 15) is 23.3 Å². The number of hydrogen-bond donors (Lipinski definition) is 4. The largest absolute Gasteiger partial charge is 0.379 e.